The van der Waals surface area contributed by atoms with Gasteiger partial charge in [-0.05, 0) is 38.1 Å². The Morgan fingerprint density at radius 2 is 2.11 bits per heavy atom. The molecule has 2 aromatic rings. The molecular weight excluding hydrogens is 262 g/mol. The number of aromatic nitrogens is 2. The van der Waals surface area contributed by atoms with Gasteiger partial charge in [0.1, 0.15) is 0 Å². The first kappa shape index (κ1) is 12.6. The lowest BCUT2D eigenvalue weighted by Crippen LogP contribution is -2.37. The number of halogens is 1. The van der Waals surface area contributed by atoms with Crippen molar-refractivity contribution >= 4 is 11.6 Å². The average molecular weight is 278 g/mol. The highest BCUT2D eigenvalue weighted by atomic mass is 35.5. The Morgan fingerprint density at radius 1 is 1.32 bits per heavy atom. The van der Waals surface area contributed by atoms with Crippen molar-refractivity contribution in [2.75, 3.05) is 13.1 Å². The predicted octanol–water partition coefficient (Wildman–Crippen LogP) is 3.03. The molecule has 1 aliphatic rings. The smallest absolute Gasteiger partial charge is 0.232 e. The molecule has 0 unspecified atom stereocenters. The SMILES string of the molecule is CC1(c2nc(-c3cccc(Cl)c3)no2)CCNCC1. The molecule has 0 amide bonds. The maximum absolute atomic E-state index is 5.98. The minimum Gasteiger partial charge on any atom is -0.338 e. The van der Waals surface area contributed by atoms with E-state index in [4.69, 9.17) is 16.1 Å². The quantitative estimate of drug-likeness (QED) is 0.917. The lowest BCUT2D eigenvalue weighted by Gasteiger charge is -2.30. The van der Waals surface area contributed by atoms with Crippen LogP contribution >= 0.6 is 11.6 Å². The fourth-order valence-corrected chi connectivity index (χ4v) is 2.60. The predicted molar refractivity (Wildman–Crippen MR) is 74.2 cm³/mol. The maximum atomic E-state index is 5.98. The minimum absolute atomic E-state index is 0.0188. The van der Waals surface area contributed by atoms with Crippen molar-refractivity contribution in [1.82, 2.24) is 15.5 Å². The fourth-order valence-electron chi connectivity index (χ4n) is 2.41. The molecule has 1 aliphatic heterocycles. The van der Waals surface area contributed by atoms with Gasteiger partial charge in [0.15, 0.2) is 0 Å². The van der Waals surface area contributed by atoms with Crippen LogP contribution in [0, 0.1) is 0 Å². The van der Waals surface area contributed by atoms with Gasteiger partial charge in [-0.15, -0.1) is 0 Å². The molecule has 1 aromatic heterocycles. The number of nitrogens with zero attached hydrogens (tertiary/aromatic N) is 2. The molecule has 0 bridgehead atoms. The van der Waals surface area contributed by atoms with E-state index in [1.807, 2.05) is 24.3 Å². The summed E-state index contributed by atoms with van der Waals surface area (Å²) in [7, 11) is 0. The molecule has 0 spiro atoms. The van der Waals surface area contributed by atoms with E-state index in [1.54, 1.807) is 0 Å². The van der Waals surface area contributed by atoms with Crippen molar-refractivity contribution < 1.29 is 4.52 Å². The zero-order chi connectivity index (χ0) is 13.3. The molecule has 1 saturated heterocycles. The second-order valence-electron chi connectivity index (χ2n) is 5.24. The van der Waals surface area contributed by atoms with Gasteiger partial charge in [0.2, 0.25) is 11.7 Å². The first-order valence-corrected chi connectivity index (χ1v) is 6.86. The molecule has 0 aliphatic carbocycles. The van der Waals surface area contributed by atoms with E-state index < -0.39 is 0 Å². The Morgan fingerprint density at radius 3 is 2.84 bits per heavy atom. The summed E-state index contributed by atoms with van der Waals surface area (Å²) < 4.78 is 5.47. The van der Waals surface area contributed by atoms with E-state index in [0.29, 0.717) is 10.8 Å². The highest BCUT2D eigenvalue weighted by Crippen LogP contribution is 2.32. The Balaban J connectivity index is 1.91. The van der Waals surface area contributed by atoms with Crippen molar-refractivity contribution in [3.05, 3.63) is 35.2 Å². The molecule has 100 valence electrons. The van der Waals surface area contributed by atoms with Crippen molar-refractivity contribution in [1.29, 1.82) is 0 Å². The molecule has 4 nitrogen and oxygen atoms in total. The summed E-state index contributed by atoms with van der Waals surface area (Å²) in [5.74, 6) is 1.33. The number of nitrogens with one attached hydrogen (secondary N) is 1. The summed E-state index contributed by atoms with van der Waals surface area (Å²) in [5.41, 5.74) is 0.870. The third-order valence-electron chi connectivity index (χ3n) is 3.73. The van der Waals surface area contributed by atoms with E-state index in [9.17, 15) is 0 Å². The molecule has 1 N–H and O–H groups in total. The lowest BCUT2D eigenvalue weighted by atomic mass is 9.81. The molecule has 0 saturated carbocycles. The summed E-state index contributed by atoms with van der Waals surface area (Å²) in [6.07, 6.45) is 2.04. The number of hydrogen-bond acceptors (Lipinski definition) is 4. The zero-order valence-corrected chi connectivity index (χ0v) is 11.6. The van der Waals surface area contributed by atoms with Crippen LogP contribution < -0.4 is 5.32 Å². The van der Waals surface area contributed by atoms with E-state index >= 15 is 0 Å². The van der Waals surface area contributed by atoms with Gasteiger partial charge in [-0.1, -0.05) is 35.8 Å². The summed E-state index contributed by atoms with van der Waals surface area (Å²) in [6.45, 7) is 4.17. The Bertz CT molecular complexity index is 576. The second-order valence-corrected chi connectivity index (χ2v) is 5.68. The lowest BCUT2D eigenvalue weighted by molar-refractivity contribution is 0.241. The van der Waals surface area contributed by atoms with Gasteiger partial charge < -0.3 is 9.84 Å². The third-order valence-corrected chi connectivity index (χ3v) is 3.97. The summed E-state index contributed by atoms with van der Waals surface area (Å²) in [4.78, 5) is 4.55. The van der Waals surface area contributed by atoms with Crippen LogP contribution in [0.25, 0.3) is 11.4 Å². The Labute approximate surface area is 117 Å². The molecule has 0 radical (unpaired) electrons. The van der Waals surface area contributed by atoms with Gasteiger partial charge in [-0.2, -0.15) is 4.98 Å². The van der Waals surface area contributed by atoms with Crippen LogP contribution in [0.5, 0.6) is 0 Å². The topological polar surface area (TPSA) is 51.0 Å². The highest BCUT2D eigenvalue weighted by molar-refractivity contribution is 6.30. The molecule has 3 rings (SSSR count). The normalized spacial score (nSPS) is 18.4. The van der Waals surface area contributed by atoms with Gasteiger partial charge >= 0.3 is 0 Å². The molecule has 0 atom stereocenters. The van der Waals surface area contributed by atoms with Crippen molar-refractivity contribution in [2.24, 2.45) is 0 Å². The van der Waals surface area contributed by atoms with E-state index in [-0.39, 0.29) is 5.41 Å². The number of rotatable bonds is 2. The van der Waals surface area contributed by atoms with Gasteiger partial charge in [0.05, 0.1) is 0 Å². The van der Waals surface area contributed by atoms with Crippen LogP contribution in [0.3, 0.4) is 0 Å². The van der Waals surface area contributed by atoms with Crippen LogP contribution in [0.4, 0.5) is 0 Å². The monoisotopic (exact) mass is 277 g/mol. The molecular formula is C14H16ClN3O. The van der Waals surface area contributed by atoms with Crippen LogP contribution in [0.1, 0.15) is 25.7 Å². The summed E-state index contributed by atoms with van der Waals surface area (Å²) >= 11 is 5.98. The number of hydrogen-bond donors (Lipinski definition) is 1. The molecule has 2 heterocycles. The van der Waals surface area contributed by atoms with Gasteiger partial charge in [-0.3, -0.25) is 0 Å². The number of benzene rings is 1. The molecule has 1 fully saturated rings. The largest absolute Gasteiger partial charge is 0.338 e. The zero-order valence-electron chi connectivity index (χ0n) is 10.8. The Hall–Kier alpha value is -1.39. The van der Waals surface area contributed by atoms with Crippen LogP contribution in [-0.2, 0) is 5.41 Å². The van der Waals surface area contributed by atoms with Crippen LogP contribution in [0.2, 0.25) is 5.02 Å². The van der Waals surface area contributed by atoms with Crippen molar-refractivity contribution in [3.8, 4) is 11.4 Å². The van der Waals surface area contributed by atoms with E-state index in [1.165, 1.54) is 0 Å². The van der Waals surface area contributed by atoms with Gasteiger partial charge in [-0.25, -0.2) is 0 Å². The molecule has 1 aromatic carbocycles. The first-order chi connectivity index (χ1) is 9.17. The minimum atomic E-state index is -0.0188. The molecule has 19 heavy (non-hydrogen) atoms. The maximum Gasteiger partial charge on any atom is 0.232 e. The van der Waals surface area contributed by atoms with Gasteiger partial charge in [0, 0.05) is 16.0 Å². The summed E-state index contributed by atoms with van der Waals surface area (Å²) in [5, 5.41) is 8.11. The highest BCUT2D eigenvalue weighted by Gasteiger charge is 2.34. The standard InChI is InChI=1S/C14H16ClN3O/c1-14(5-7-16-8-6-14)13-17-12(18-19-13)10-3-2-4-11(15)9-10/h2-4,9,16H,5-8H2,1H3. The first-order valence-electron chi connectivity index (χ1n) is 6.48. The van der Waals surface area contributed by atoms with Crippen LogP contribution in [-0.4, -0.2) is 23.2 Å². The van der Waals surface area contributed by atoms with Crippen molar-refractivity contribution in [3.63, 3.8) is 0 Å². The molecule has 5 heteroatoms. The third kappa shape index (κ3) is 2.51. The van der Waals surface area contributed by atoms with E-state index in [2.05, 4.69) is 22.4 Å². The van der Waals surface area contributed by atoms with Crippen molar-refractivity contribution in [2.45, 2.75) is 25.2 Å². The van der Waals surface area contributed by atoms with Crippen LogP contribution in [0.15, 0.2) is 28.8 Å². The summed E-state index contributed by atoms with van der Waals surface area (Å²) in [6, 6.07) is 7.51. The van der Waals surface area contributed by atoms with Gasteiger partial charge in [0.25, 0.3) is 0 Å². The number of piperidine rings is 1. The van der Waals surface area contributed by atoms with E-state index in [0.717, 1.165) is 37.4 Å². The second kappa shape index (κ2) is 4.94. The average Bonchev–Trinajstić information content (AvgIpc) is 2.90. The Kier molecular flexibility index (Phi) is 3.29. The fraction of sp³-hybridized carbons (Fsp3) is 0.429.